The molecule has 0 fully saturated rings. The molecule has 1 rings (SSSR count). The number of benzene rings is 1. The number of carbonyl (C=O) groups is 3. The molecule has 0 aliphatic heterocycles. The molecule has 0 bridgehead atoms. The Bertz CT molecular complexity index is 763. The summed E-state index contributed by atoms with van der Waals surface area (Å²) in [6.45, 7) is -1.05. The summed E-state index contributed by atoms with van der Waals surface area (Å²) in [6.07, 6.45) is -0.536. The van der Waals surface area contributed by atoms with Crippen molar-refractivity contribution in [1.29, 1.82) is 0 Å². The minimum Gasteiger partial charge on any atom is -0.480 e. The van der Waals surface area contributed by atoms with Gasteiger partial charge >= 0.3 is 11.9 Å². The molecule has 0 aromatic heterocycles. The first-order valence-electron chi connectivity index (χ1n) is 8.59. The Labute approximate surface area is 172 Å². The number of rotatable bonds is 14. The lowest BCUT2D eigenvalue weighted by Crippen LogP contribution is -2.31. The Morgan fingerprint density at radius 3 is 1.87 bits per heavy atom. The molecule has 0 spiro atoms. The Morgan fingerprint density at radius 1 is 0.742 bits per heavy atom. The van der Waals surface area contributed by atoms with Crippen molar-refractivity contribution in [2.24, 2.45) is 0 Å². The quantitative estimate of drug-likeness (QED) is 0.105. The highest BCUT2D eigenvalue weighted by Gasteiger charge is 2.28. The molecule has 0 unspecified atom stereocenters. The SMILES string of the molecule is O=C(O)COCC(=O)NCCOCCOCCC(=O)Oc1c(F)c(F)c(F)c(F)c1F. The van der Waals surface area contributed by atoms with Crippen molar-refractivity contribution in [1.82, 2.24) is 5.32 Å². The smallest absolute Gasteiger partial charge is 0.329 e. The van der Waals surface area contributed by atoms with Crippen LogP contribution in [0, 0.1) is 29.1 Å². The van der Waals surface area contributed by atoms with E-state index in [1.54, 1.807) is 0 Å². The van der Waals surface area contributed by atoms with Crippen LogP contribution in [0.15, 0.2) is 0 Å². The van der Waals surface area contributed by atoms with Gasteiger partial charge in [0.25, 0.3) is 0 Å². The Hall–Kier alpha value is -2.84. The van der Waals surface area contributed by atoms with Crippen LogP contribution in [0.5, 0.6) is 5.75 Å². The van der Waals surface area contributed by atoms with E-state index in [1.165, 1.54) is 0 Å². The van der Waals surface area contributed by atoms with Gasteiger partial charge in [0.15, 0.2) is 0 Å². The van der Waals surface area contributed by atoms with Crippen molar-refractivity contribution in [2.75, 3.05) is 46.2 Å². The van der Waals surface area contributed by atoms with Crippen LogP contribution in [0.3, 0.4) is 0 Å². The average Bonchev–Trinajstić information content (AvgIpc) is 2.72. The fourth-order valence-electron chi connectivity index (χ4n) is 1.86. The Kier molecular flexibility index (Phi) is 11.4. The molecule has 9 nitrogen and oxygen atoms in total. The molecular weight excluding hydrogens is 441 g/mol. The first kappa shape index (κ1) is 26.2. The van der Waals surface area contributed by atoms with Crippen LogP contribution in [0.2, 0.25) is 0 Å². The van der Waals surface area contributed by atoms with E-state index in [9.17, 15) is 36.3 Å². The zero-order valence-electron chi connectivity index (χ0n) is 15.9. The van der Waals surface area contributed by atoms with Gasteiger partial charge in [-0.2, -0.15) is 8.78 Å². The predicted octanol–water partition coefficient (Wildman–Crippen LogP) is 0.928. The molecule has 0 saturated heterocycles. The predicted molar refractivity (Wildman–Crippen MR) is 89.6 cm³/mol. The maximum absolute atomic E-state index is 13.4. The third kappa shape index (κ3) is 9.23. The number of carbonyl (C=O) groups excluding carboxylic acids is 2. The molecule has 1 aromatic carbocycles. The molecule has 0 aliphatic rings. The zero-order chi connectivity index (χ0) is 23.4. The van der Waals surface area contributed by atoms with E-state index in [0.717, 1.165) is 0 Å². The summed E-state index contributed by atoms with van der Waals surface area (Å²) in [5, 5.41) is 10.7. The molecule has 0 heterocycles. The van der Waals surface area contributed by atoms with Gasteiger partial charge in [-0.1, -0.05) is 0 Å². The topological polar surface area (TPSA) is 120 Å². The average molecular weight is 459 g/mol. The summed E-state index contributed by atoms with van der Waals surface area (Å²) < 4.78 is 84.6. The third-order valence-corrected chi connectivity index (χ3v) is 3.24. The second kappa shape index (κ2) is 13.5. The number of hydrogen-bond donors (Lipinski definition) is 2. The lowest BCUT2D eigenvalue weighted by molar-refractivity contribution is -0.143. The second-order valence-electron chi connectivity index (χ2n) is 5.58. The van der Waals surface area contributed by atoms with Gasteiger partial charge in [0.05, 0.1) is 32.8 Å². The number of esters is 1. The number of carboxylic acid groups (broad SMARTS) is 1. The van der Waals surface area contributed by atoms with E-state index in [4.69, 9.17) is 14.6 Å². The van der Waals surface area contributed by atoms with Gasteiger partial charge in [-0.05, 0) is 0 Å². The zero-order valence-corrected chi connectivity index (χ0v) is 15.9. The van der Waals surface area contributed by atoms with Crippen LogP contribution < -0.4 is 10.1 Å². The first-order chi connectivity index (χ1) is 14.6. The lowest BCUT2D eigenvalue weighted by Gasteiger charge is -2.09. The van der Waals surface area contributed by atoms with E-state index in [0.29, 0.717) is 0 Å². The minimum atomic E-state index is -2.37. The van der Waals surface area contributed by atoms with E-state index >= 15 is 0 Å². The van der Waals surface area contributed by atoms with Gasteiger partial charge in [-0.25, -0.2) is 18.0 Å². The Balaban J connectivity index is 2.14. The molecule has 1 aromatic rings. The standard InChI is InChI=1S/C17H18F5NO8/c18-12-13(19)15(21)17(16(22)14(12)20)31-11(27)1-3-28-5-6-29-4-2-23-9(24)7-30-8-10(25)26/h1-8H2,(H,23,24)(H,25,26). The first-order valence-corrected chi connectivity index (χ1v) is 8.59. The van der Waals surface area contributed by atoms with Crippen LogP contribution in [0.25, 0.3) is 0 Å². The summed E-state index contributed by atoms with van der Waals surface area (Å²) >= 11 is 0. The molecule has 0 aliphatic carbocycles. The molecule has 0 saturated carbocycles. The largest absolute Gasteiger partial charge is 0.480 e. The number of carboxylic acids is 1. The van der Waals surface area contributed by atoms with E-state index < -0.39 is 72.3 Å². The van der Waals surface area contributed by atoms with E-state index in [2.05, 4.69) is 14.8 Å². The highest BCUT2D eigenvalue weighted by Crippen LogP contribution is 2.29. The van der Waals surface area contributed by atoms with Crippen molar-refractivity contribution in [3.05, 3.63) is 29.1 Å². The molecule has 1 amide bonds. The van der Waals surface area contributed by atoms with Crippen molar-refractivity contribution < 1.29 is 60.4 Å². The van der Waals surface area contributed by atoms with Gasteiger partial charge in [0.1, 0.15) is 13.2 Å². The van der Waals surface area contributed by atoms with Gasteiger partial charge in [-0.15, -0.1) is 0 Å². The van der Waals surface area contributed by atoms with Crippen molar-refractivity contribution in [3.8, 4) is 5.75 Å². The highest BCUT2D eigenvalue weighted by atomic mass is 19.2. The molecule has 2 N–H and O–H groups in total. The van der Waals surface area contributed by atoms with E-state index in [-0.39, 0.29) is 33.0 Å². The van der Waals surface area contributed by atoms with Gasteiger partial charge in [0, 0.05) is 6.54 Å². The summed E-state index contributed by atoms with van der Waals surface area (Å²) in [5.41, 5.74) is 0. The second-order valence-corrected chi connectivity index (χ2v) is 5.58. The van der Waals surface area contributed by atoms with Gasteiger partial charge in [-0.3, -0.25) is 9.59 Å². The monoisotopic (exact) mass is 459 g/mol. The highest BCUT2D eigenvalue weighted by molar-refractivity contribution is 5.77. The van der Waals surface area contributed by atoms with Crippen LogP contribution in [-0.4, -0.2) is 69.1 Å². The fraction of sp³-hybridized carbons (Fsp3) is 0.471. The Morgan fingerprint density at radius 2 is 1.29 bits per heavy atom. The number of amides is 1. The molecule has 0 radical (unpaired) electrons. The molecular formula is C17H18F5NO8. The minimum absolute atomic E-state index is 0.00846. The number of ether oxygens (including phenoxy) is 4. The molecule has 174 valence electrons. The van der Waals surface area contributed by atoms with Crippen molar-refractivity contribution in [3.63, 3.8) is 0 Å². The summed E-state index contributed by atoms with van der Waals surface area (Å²) in [7, 11) is 0. The number of aliphatic carboxylic acids is 1. The number of hydrogen-bond acceptors (Lipinski definition) is 7. The van der Waals surface area contributed by atoms with Gasteiger partial charge in [0.2, 0.25) is 40.7 Å². The molecule has 14 heteroatoms. The summed E-state index contributed by atoms with van der Waals surface area (Å²) in [5.74, 6) is -16.1. The van der Waals surface area contributed by atoms with Crippen LogP contribution >= 0.6 is 0 Å². The maximum Gasteiger partial charge on any atom is 0.329 e. The van der Waals surface area contributed by atoms with Crippen molar-refractivity contribution in [2.45, 2.75) is 6.42 Å². The third-order valence-electron chi connectivity index (χ3n) is 3.24. The van der Waals surface area contributed by atoms with Crippen LogP contribution in [0.4, 0.5) is 22.0 Å². The molecule has 0 atom stereocenters. The van der Waals surface area contributed by atoms with Crippen LogP contribution in [-0.2, 0) is 28.6 Å². The van der Waals surface area contributed by atoms with E-state index in [1.807, 2.05) is 0 Å². The van der Waals surface area contributed by atoms with Crippen molar-refractivity contribution >= 4 is 17.8 Å². The summed E-state index contributed by atoms with van der Waals surface area (Å²) in [6, 6.07) is 0. The van der Waals surface area contributed by atoms with Crippen LogP contribution in [0.1, 0.15) is 6.42 Å². The number of nitrogens with one attached hydrogen (secondary N) is 1. The maximum atomic E-state index is 13.4. The normalized spacial score (nSPS) is 10.7. The fourth-order valence-corrected chi connectivity index (χ4v) is 1.86. The molecule has 31 heavy (non-hydrogen) atoms. The number of halogens is 5. The summed E-state index contributed by atoms with van der Waals surface area (Å²) in [4.78, 5) is 32.9. The lowest BCUT2D eigenvalue weighted by atomic mass is 10.2. The van der Waals surface area contributed by atoms with Gasteiger partial charge < -0.3 is 29.4 Å².